The number of nitrogens with one attached hydrogen (secondary N) is 1. The van der Waals surface area contributed by atoms with Crippen molar-refractivity contribution in [3.05, 3.63) is 34.1 Å². The van der Waals surface area contributed by atoms with Crippen molar-refractivity contribution in [2.45, 2.75) is 31.7 Å². The van der Waals surface area contributed by atoms with Gasteiger partial charge in [-0.1, -0.05) is 28.8 Å². The molecule has 16 heavy (non-hydrogen) atoms. The molecule has 0 bridgehead atoms. The Morgan fingerprint density at radius 2 is 2.25 bits per heavy atom. The summed E-state index contributed by atoms with van der Waals surface area (Å²) in [7, 11) is 1.99. The second-order valence-electron chi connectivity index (χ2n) is 4.60. The van der Waals surface area contributed by atoms with Gasteiger partial charge in [-0.3, -0.25) is 0 Å². The zero-order valence-electron chi connectivity index (χ0n) is 9.47. The molecule has 88 valence electrons. The summed E-state index contributed by atoms with van der Waals surface area (Å²) in [6.45, 7) is 0. The van der Waals surface area contributed by atoms with Gasteiger partial charge >= 0.3 is 0 Å². The van der Waals surface area contributed by atoms with Crippen LogP contribution in [0.15, 0.2) is 22.7 Å². The Hall–Kier alpha value is -0.410. The first-order chi connectivity index (χ1) is 7.69. The van der Waals surface area contributed by atoms with Crippen LogP contribution in [0.1, 0.15) is 24.8 Å². The molecule has 0 spiro atoms. The normalized spacial score (nSPS) is 17.4. The third-order valence-electron chi connectivity index (χ3n) is 3.20. The maximum absolute atomic E-state index is 13.1. The number of rotatable bonds is 5. The van der Waals surface area contributed by atoms with Crippen LogP contribution in [0.2, 0.25) is 0 Å². The Morgan fingerprint density at radius 1 is 1.50 bits per heavy atom. The number of likely N-dealkylation sites (N-methyl/N-ethyl adjacent to an activating group) is 1. The molecule has 0 heterocycles. The van der Waals surface area contributed by atoms with Gasteiger partial charge in [-0.15, -0.1) is 0 Å². The van der Waals surface area contributed by atoms with Crippen molar-refractivity contribution in [3.8, 4) is 0 Å². The summed E-state index contributed by atoms with van der Waals surface area (Å²) in [6.07, 6.45) is 4.83. The first kappa shape index (κ1) is 12.1. The van der Waals surface area contributed by atoms with Crippen LogP contribution in [0.5, 0.6) is 0 Å². The van der Waals surface area contributed by atoms with Crippen molar-refractivity contribution < 1.29 is 4.39 Å². The standard InChI is InChI=1S/C13H17BrFN/c1-16-12(6-9-2-3-9)8-10-7-11(15)4-5-13(10)14/h4-5,7,9,12,16H,2-3,6,8H2,1H3. The van der Waals surface area contributed by atoms with Gasteiger partial charge in [-0.2, -0.15) is 0 Å². The summed E-state index contributed by atoms with van der Waals surface area (Å²) >= 11 is 3.48. The van der Waals surface area contributed by atoms with Crippen LogP contribution in [0.4, 0.5) is 4.39 Å². The quantitative estimate of drug-likeness (QED) is 0.873. The molecule has 2 rings (SSSR count). The lowest BCUT2D eigenvalue weighted by atomic mass is 10.0. The fourth-order valence-electron chi connectivity index (χ4n) is 2.02. The highest BCUT2D eigenvalue weighted by Gasteiger charge is 2.25. The van der Waals surface area contributed by atoms with Crippen molar-refractivity contribution in [1.29, 1.82) is 0 Å². The minimum atomic E-state index is -0.153. The van der Waals surface area contributed by atoms with Gasteiger partial charge < -0.3 is 5.32 Å². The zero-order chi connectivity index (χ0) is 11.5. The van der Waals surface area contributed by atoms with E-state index < -0.39 is 0 Å². The van der Waals surface area contributed by atoms with E-state index in [-0.39, 0.29) is 5.82 Å². The van der Waals surface area contributed by atoms with Crippen LogP contribution in [-0.4, -0.2) is 13.1 Å². The van der Waals surface area contributed by atoms with Crippen LogP contribution in [-0.2, 0) is 6.42 Å². The fourth-order valence-corrected chi connectivity index (χ4v) is 2.43. The third-order valence-corrected chi connectivity index (χ3v) is 3.97. The summed E-state index contributed by atoms with van der Waals surface area (Å²) in [5.41, 5.74) is 1.06. The Balaban J connectivity index is 2.01. The van der Waals surface area contributed by atoms with Crippen molar-refractivity contribution >= 4 is 15.9 Å². The van der Waals surface area contributed by atoms with Gasteiger partial charge in [-0.25, -0.2) is 4.39 Å². The highest BCUT2D eigenvalue weighted by Crippen LogP contribution is 2.34. The molecule has 1 fully saturated rings. The summed E-state index contributed by atoms with van der Waals surface area (Å²) in [6, 6.07) is 5.36. The largest absolute Gasteiger partial charge is 0.317 e. The van der Waals surface area contributed by atoms with Crippen LogP contribution >= 0.6 is 15.9 Å². The van der Waals surface area contributed by atoms with E-state index in [9.17, 15) is 4.39 Å². The van der Waals surface area contributed by atoms with E-state index in [0.717, 1.165) is 22.4 Å². The van der Waals surface area contributed by atoms with Gasteiger partial charge in [0.2, 0.25) is 0 Å². The lowest BCUT2D eigenvalue weighted by Gasteiger charge is -2.16. The van der Waals surface area contributed by atoms with E-state index in [1.54, 1.807) is 12.1 Å². The zero-order valence-corrected chi connectivity index (χ0v) is 11.1. The molecule has 1 aliphatic rings. The van der Waals surface area contributed by atoms with Crippen molar-refractivity contribution in [2.24, 2.45) is 5.92 Å². The summed E-state index contributed by atoms with van der Waals surface area (Å²) in [5.74, 6) is 0.740. The molecule has 1 aromatic rings. The van der Waals surface area contributed by atoms with Gasteiger partial charge in [0.25, 0.3) is 0 Å². The number of benzene rings is 1. The number of hydrogen-bond donors (Lipinski definition) is 1. The lowest BCUT2D eigenvalue weighted by molar-refractivity contribution is 0.488. The second-order valence-corrected chi connectivity index (χ2v) is 5.46. The van der Waals surface area contributed by atoms with Crippen molar-refractivity contribution in [3.63, 3.8) is 0 Å². The summed E-state index contributed by atoms with van der Waals surface area (Å²) in [5, 5.41) is 3.33. The average molecular weight is 286 g/mol. The van der Waals surface area contributed by atoms with Crippen LogP contribution < -0.4 is 5.32 Å². The highest BCUT2D eigenvalue weighted by atomic mass is 79.9. The second kappa shape index (κ2) is 5.28. The average Bonchev–Trinajstić information content (AvgIpc) is 3.06. The van der Waals surface area contributed by atoms with E-state index >= 15 is 0 Å². The van der Waals surface area contributed by atoms with Crippen LogP contribution in [0.3, 0.4) is 0 Å². The first-order valence-electron chi connectivity index (χ1n) is 5.80. The summed E-state index contributed by atoms with van der Waals surface area (Å²) in [4.78, 5) is 0. The molecule has 3 heteroatoms. The fraction of sp³-hybridized carbons (Fsp3) is 0.538. The van der Waals surface area contributed by atoms with Crippen LogP contribution in [0, 0.1) is 11.7 Å². The molecule has 1 saturated carbocycles. The topological polar surface area (TPSA) is 12.0 Å². The van der Waals surface area contributed by atoms with Crippen molar-refractivity contribution in [1.82, 2.24) is 5.32 Å². The van der Waals surface area contributed by atoms with Crippen LogP contribution in [0.25, 0.3) is 0 Å². The van der Waals surface area contributed by atoms with Gasteiger partial charge in [0.05, 0.1) is 0 Å². The Kier molecular flexibility index (Phi) is 3.98. The van der Waals surface area contributed by atoms with E-state index in [4.69, 9.17) is 0 Å². The Bertz CT molecular complexity index is 363. The monoisotopic (exact) mass is 285 g/mol. The van der Waals surface area contributed by atoms with Crippen molar-refractivity contribution in [2.75, 3.05) is 7.05 Å². The highest BCUT2D eigenvalue weighted by molar-refractivity contribution is 9.10. The van der Waals surface area contributed by atoms with E-state index in [2.05, 4.69) is 21.2 Å². The predicted molar refractivity (Wildman–Crippen MR) is 68.0 cm³/mol. The van der Waals surface area contributed by atoms with E-state index in [1.165, 1.54) is 25.3 Å². The Labute approximate surface area is 105 Å². The minimum absolute atomic E-state index is 0.153. The molecule has 0 radical (unpaired) electrons. The maximum atomic E-state index is 13.1. The molecule has 0 aromatic heterocycles. The Morgan fingerprint density at radius 3 is 2.88 bits per heavy atom. The molecule has 1 N–H and O–H groups in total. The predicted octanol–water partition coefficient (Wildman–Crippen LogP) is 3.52. The molecular formula is C13H17BrFN. The van der Waals surface area contributed by atoms with Gasteiger partial charge in [-0.05, 0) is 49.6 Å². The van der Waals surface area contributed by atoms with E-state index in [1.807, 2.05) is 7.05 Å². The SMILES string of the molecule is CNC(Cc1cc(F)ccc1Br)CC1CC1. The van der Waals surface area contributed by atoms with Gasteiger partial charge in [0.15, 0.2) is 0 Å². The minimum Gasteiger partial charge on any atom is -0.317 e. The van der Waals surface area contributed by atoms with Gasteiger partial charge in [0, 0.05) is 10.5 Å². The molecule has 0 saturated heterocycles. The molecule has 1 unspecified atom stereocenters. The van der Waals surface area contributed by atoms with Gasteiger partial charge in [0.1, 0.15) is 5.82 Å². The molecular weight excluding hydrogens is 269 g/mol. The molecule has 1 aliphatic carbocycles. The maximum Gasteiger partial charge on any atom is 0.123 e. The van der Waals surface area contributed by atoms with E-state index in [0.29, 0.717) is 6.04 Å². The molecule has 1 nitrogen and oxygen atoms in total. The molecule has 1 atom stereocenters. The smallest absolute Gasteiger partial charge is 0.123 e. The number of halogens is 2. The molecule has 0 amide bonds. The first-order valence-corrected chi connectivity index (χ1v) is 6.59. The lowest BCUT2D eigenvalue weighted by Crippen LogP contribution is -2.28. The third kappa shape index (κ3) is 3.29. The molecule has 0 aliphatic heterocycles. The summed E-state index contributed by atoms with van der Waals surface area (Å²) < 4.78 is 14.1. The number of hydrogen-bond acceptors (Lipinski definition) is 1. The molecule has 1 aromatic carbocycles.